The monoisotopic (exact) mass is 320 g/mol. The number of hydrogen-bond acceptors (Lipinski definition) is 1. The Kier molecular flexibility index (Phi) is 5.46. The third kappa shape index (κ3) is 4.18. The Morgan fingerprint density at radius 2 is 1.52 bits per heavy atom. The molecular weight excluding hydrogens is 288 g/mol. The van der Waals surface area contributed by atoms with Gasteiger partial charge in [-0.1, -0.05) is 81.5 Å². The molecule has 1 aromatic rings. The molecule has 0 saturated heterocycles. The first kappa shape index (κ1) is 18.4. The summed E-state index contributed by atoms with van der Waals surface area (Å²) < 4.78 is 6.78. The lowest BCUT2D eigenvalue weighted by atomic mass is 10.2. The second-order valence-electron chi connectivity index (χ2n) is 8.19. The fourth-order valence-corrected chi connectivity index (χ4v) is 8.15. The van der Waals surface area contributed by atoms with Crippen LogP contribution in [0.3, 0.4) is 0 Å². The highest BCUT2D eigenvalue weighted by Gasteiger charge is 2.44. The van der Waals surface area contributed by atoms with E-state index in [1.165, 1.54) is 10.8 Å². The quantitative estimate of drug-likeness (QED) is 0.541. The molecule has 0 aliphatic rings. The topological polar surface area (TPSA) is 9.23 Å². The summed E-state index contributed by atoms with van der Waals surface area (Å²) in [4.78, 5) is 0. The molecular formula is C18H32OSi2. The van der Waals surface area contributed by atoms with Gasteiger partial charge in [-0.3, -0.25) is 0 Å². The van der Waals surface area contributed by atoms with E-state index in [0.29, 0.717) is 0 Å². The van der Waals surface area contributed by atoms with E-state index in [4.69, 9.17) is 4.43 Å². The first-order valence-electron chi connectivity index (χ1n) is 7.78. The van der Waals surface area contributed by atoms with Crippen molar-refractivity contribution in [2.24, 2.45) is 0 Å². The van der Waals surface area contributed by atoms with Crippen molar-refractivity contribution in [1.82, 2.24) is 0 Å². The first-order chi connectivity index (χ1) is 9.39. The van der Waals surface area contributed by atoms with Gasteiger partial charge in [-0.15, -0.1) is 0 Å². The van der Waals surface area contributed by atoms with Crippen LogP contribution in [0.2, 0.25) is 31.2 Å². The summed E-state index contributed by atoms with van der Waals surface area (Å²) in [7, 11) is -3.55. The minimum absolute atomic E-state index is 0.181. The third-order valence-corrected chi connectivity index (χ3v) is 13.3. The van der Waals surface area contributed by atoms with Crippen molar-refractivity contribution in [3.8, 4) is 0 Å². The largest absolute Gasteiger partial charge is 0.413 e. The standard InChI is InChI=1S/C18H32OSi2/c1-15(2)17(19-21(8,9)18(3,4)5)20(6,7)16-13-11-10-12-14-16/h10-14,17H,1H2,2-9H3. The van der Waals surface area contributed by atoms with E-state index >= 15 is 0 Å². The molecule has 0 radical (unpaired) electrons. The summed E-state index contributed by atoms with van der Waals surface area (Å²) in [6, 6.07) is 10.8. The number of hydrogen-bond donors (Lipinski definition) is 0. The lowest BCUT2D eigenvalue weighted by Crippen LogP contribution is -2.58. The van der Waals surface area contributed by atoms with E-state index < -0.39 is 16.4 Å². The van der Waals surface area contributed by atoms with E-state index in [-0.39, 0.29) is 10.8 Å². The van der Waals surface area contributed by atoms with Crippen molar-refractivity contribution < 1.29 is 4.43 Å². The Balaban J connectivity index is 3.17. The minimum atomic E-state index is -1.80. The zero-order valence-corrected chi connectivity index (χ0v) is 17.1. The molecule has 21 heavy (non-hydrogen) atoms. The van der Waals surface area contributed by atoms with Crippen LogP contribution in [-0.4, -0.2) is 22.1 Å². The summed E-state index contributed by atoms with van der Waals surface area (Å²) in [6.45, 7) is 22.7. The second-order valence-corrected chi connectivity index (χ2v) is 17.5. The van der Waals surface area contributed by atoms with Gasteiger partial charge in [0, 0.05) is 0 Å². The van der Waals surface area contributed by atoms with Gasteiger partial charge in [0.05, 0.1) is 5.73 Å². The predicted molar refractivity (Wildman–Crippen MR) is 100 cm³/mol. The van der Waals surface area contributed by atoms with E-state index in [1.54, 1.807) is 0 Å². The maximum Gasteiger partial charge on any atom is 0.192 e. The molecule has 118 valence electrons. The van der Waals surface area contributed by atoms with Crippen molar-refractivity contribution in [3.05, 3.63) is 42.5 Å². The summed E-state index contributed by atoms with van der Waals surface area (Å²) >= 11 is 0. The summed E-state index contributed by atoms with van der Waals surface area (Å²) in [6.07, 6.45) is 0. The van der Waals surface area contributed by atoms with Gasteiger partial charge in [0.1, 0.15) is 8.07 Å². The average molecular weight is 321 g/mol. The van der Waals surface area contributed by atoms with Crippen molar-refractivity contribution >= 4 is 21.6 Å². The van der Waals surface area contributed by atoms with Crippen LogP contribution >= 0.6 is 0 Å². The zero-order valence-electron chi connectivity index (χ0n) is 15.1. The van der Waals surface area contributed by atoms with Gasteiger partial charge in [0.25, 0.3) is 0 Å². The van der Waals surface area contributed by atoms with Crippen LogP contribution in [-0.2, 0) is 4.43 Å². The average Bonchev–Trinajstić information content (AvgIpc) is 2.35. The highest BCUT2D eigenvalue weighted by Crippen LogP contribution is 2.39. The Labute approximate surface area is 133 Å². The van der Waals surface area contributed by atoms with Crippen LogP contribution in [0.5, 0.6) is 0 Å². The van der Waals surface area contributed by atoms with Gasteiger partial charge in [0.2, 0.25) is 0 Å². The maximum atomic E-state index is 6.78. The normalized spacial score (nSPS) is 14.9. The van der Waals surface area contributed by atoms with Gasteiger partial charge in [-0.05, 0) is 25.1 Å². The molecule has 1 atom stereocenters. The van der Waals surface area contributed by atoms with Crippen LogP contribution in [0.4, 0.5) is 0 Å². The van der Waals surface area contributed by atoms with E-state index in [0.717, 1.165) is 0 Å². The van der Waals surface area contributed by atoms with Gasteiger partial charge >= 0.3 is 0 Å². The second kappa shape index (κ2) is 6.23. The van der Waals surface area contributed by atoms with Crippen LogP contribution in [0, 0.1) is 0 Å². The number of rotatable bonds is 5. The van der Waals surface area contributed by atoms with Crippen molar-refractivity contribution in [2.75, 3.05) is 0 Å². The van der Waals surface area contributed by atoms with Gasteiger partial charge < -0.3 is 4.43 Å². The minimum Gasteiger partial charge on any atom is -0.413 e. The molecule has 1 aromatic carbocycles. The molecule has 0 bridgehead atoms. The summed E-state index contributed by atoms with van der Waals surface area (Å²) in [5.74, 6) is 0. The van der Waals surface area contributed by atoms with Gasteiger partial charge in [-0.25, -0.2) is 0 Å². The molecule has 0 saturated carbocycles. The van der Waals surface area contributed by atoms with Crippen molar-refractivity contribution in [1.29, 1.82) is 0 Å². The first-order valence-corrected chi connectivity index (χ1v) is 13.8. The predicted octanol–water partition coefficient (Wildman–Crippen LogP) is 5.11. The van der Waals surface area contributed by atoms with Crippen LogP contribution in [0.1, 0.15) is 27.7 Å². The number of benzene rings is 1. The maximum absolute atomic E-state index is 6.78. The molecule has 3 heteroatoms. The molecule has 1 nitrogen and oxygen atoms in total. The molecule has 1 unspecified atom stereocenters. The molecule has 0 aromatic heterocycles. The Bertz CT molecular complexity index is 484. The molecule has 0 heterocycles. The smallest absolute Gasteiger partial charge is 0.192 e. The molecule has 0 spiro atoms. The fourth-order valence-electron chi connectivity index (χ4n) is 2.35. The Morgan fingerprint density at radius 3 is 1.90 bits per heavy atom. The van der Waals surface area contributed by atoms with Crippen LogP contribution in [0.25, 0.3) is 0 Å². The Hall–Kier alpha value is -0.646. The highest BCUT2D eigenvalue weighted by molar-refractivity contribution is 6.92. The molecule has 0 N–H and O–H groups in total. The molecule has 0 fully saturated rings. The zero-order chi connectivity index (χ0) is 16.5. The van der Waals surface area contributed by atoms with Crippen LogP contribution in [0.15, 0.2) is 42.5 Å². The lowest BCUT2D eigenvalue weighted by Gasteiger charge is -2.44. The lowest BCUT2D eigenvalue weighted by molar-refractivity contribution is 0.275. The summed E-state index contributed by atoms with van der Waals surface area (Å²) in [5.41, 5.74) is 1.35. The van der Waals surface area contributed by atoms with E-state index in [1.807, 2.05) is 0 Å². The molecule has 0 amide bonds. The SMILES string of the molecule is C=C(C)C(O[Si](C)(C)C(C)(C)C)[Si](C)(C)c1ccccc1. The van der Waals surface area contributed by atoms with Crippen LogP contribution < -0.4 is 5.19 Å². The van der Waals surface area contributed by atoms with E-state index in [9.17, 15) is 0 Å². The fraction of sp³-hybridized carbons (Fsp3) is 0.556. The molecule has 0 aliphatic carbocycles. The summed E-state index contributed by atoms with van der Waals surface area (Å²) in [5, 5.41) is 1.67. The molecule has 0 aliphatic heterocycles. The Morgan fingerprint density at radius 1 is 1.05 bits per heavy atom. The van der Waals surface area contributed by atoms with Gasteiger partial charge in [-0.2, -0.15) is 0 Å². The highest BCUT2D eigenvalue weighted by atomic mass is 28.4. The van der Waals surface area contributed by atoms with Gasteiger partial charge in [0.15, 0.2) is 8.32 Å². The molecule has 1 rings (SSSR count). The van der Waals surface area contributed by atoms with E-state index in [2.05, 4.69) is 90.8 Å². The third-order valence-electron chi connectivity index (χ3n) is 4.84. The van der Waals surface area contributed by atoms with Crippen molar-refractivity contribution in [2.45, 2.75) is 64.6 Å². The van der Waals surface area contributed by atoms with Crippen molar-refractivity contribution in [3.63, 3.8) is 0 Å².